The highest BCUT2D eigenvalue weighted by molar-refractivity contribution is 5.86. The van der Waals surface area contributed by atoms with Crippen LogP contribution in [0.5, 0.6) is 5.75 Å². The van der Waals surface area contributed by atoms with Gasteiger partial charge < -0.3 is 25.6 Å². The molecule has 1 amide bonds. The second-order valence-corrected chi connectivity index (χ2v) is 7.75. The zero-order valence-corrected chi connectivity index (χ0v) is 17.4. The first-order valence-corrected chi connectivity index (χ1v) is 10.6. The van der Waals surface area contributed by atoms with Gasteiger partial charge in [-0.05, 0) is 31.4 Å². The van der Waals surface area contributed by atoms with Crippen LogP contribution < -0.4 is 25.6 Å². The first-order chi connectivity index (χ1) is 14.5. The number of carbonyl (C=O) groups is 1. The maximum Gasteiger partial charge on any atom is 0.387 e. The molecule has 0 radical (unpaired) electrons. The molecule has 1 heterocycles. The van der Waals surface area contributed by atoms with E-state index < -0.39 is 6.61 Å². The summed E-state index contributed by atoms with van der Waals surface area (Å²) in [6, 6.07) is 7.17. The fourth-order valence-electron chi connectivity index (χ4n) is 4.09. The van der Waals surface area contributed by atoms with Crippen LogP contribution in [-0.4, -0.2) is 57.2 Å². The van der Waals surface area contributed by atoms with Crippen molar-refractivity contribution in [3.8, 4) is 5.75 Å². The van der Waals surface area contributed by atoms with E-state index >= 15 is 0 Å². The first kappa shape index (κ1) is 22.1. The third-order valence-electron chi connectivity index (χ3n) is 5.56. The number of rotatable bonds is 7. The Morgan fingerprint density at radius 2 is 1.93 bits per heavy atom. The molecule has 2 aliphatic rings. The van der Waals surface area contributed by atoms with Gasteiger partial charge in [0, 0.05) is 32.2 Å². The Morgan fingerprint density at radius 3 is 2.67 bits per heavy atom. The van der Waals surface area contributed by atoms with Gasteiger partial charge in [-0.3, -0.25) is 9.79 Å². The van der Waals surface area contributed by atoms with Gasteiger partial charge in [-0.1, -0.05) is 31.4 Å². The monoisotopic (exact) mass is 423 g/mol. The highest BCUT2D eigenvalue weighted by Crippen LogP contribution is 2.31. The molecular formula is C21H31F2N5O2. The molecule has 1 aromatic rings. The normalized spacial score (nSPS) is 20.3. The summed E-state index contributed by atoms with van der Waals surface area (Å²) in [6.07, 6.45) is 6.51. The highest BCUT2D eigenvalue weighted by atomic mass is 19.3. The van der Waals surface area contributed by atoms with Crippen LogP contribution in [0.4, 0.5) is 14.5 Å². The van der Waals surface area contributed by atoms with Crippen molar-refractivity contribution in [2.45, 2.75) is 57.2 Å². The summed E-state index contributed by atoms with van der Waals surface area (Å²) < 4.78 is 30.0. The van der Waals surface area contributed by atoms with Crippen molar-refractivity contribution in [2.75, 3.05) is 31.6 Å². The summed E-state index contributed by atoms with van der Waals surface area (Å²) in [5.74, 6) is 0.698. The molecule has 0 bridgehead atoms. The van der Waals surface area contributed by atoms with Crippen molar-refractivity contribution in [3.05, 3.63) is 24.3 Å². The molecular weight excluding hydrogens is 392 g/mol. The lowest BCUT2D eigenvalue weighted by Gasteiger charge is -2.24. The third-order valence-corrected chi connectivity index (χ3v) is 5.56. The van der Waals surface area contributed by atoms with E-state index in [1.54, 1.807) is 31.3 Å². The van der Waals surface area contributed by atoms with Gasteiger partial charge in [0.05, 0.1) is 12.2 Å². The molecule has 7 nitrogen and oxygen atoms in total. The number of para-hydroxylation sites is 2. The number of carbonyl (C=O) groups excluding carboxylic acids is 1. The number of ether oxygens (including phenoxy) is 1. The van der Waals surface area contributed by atoms with E-state index in [-0.39, 0.29) is 30.3 Å². The SMILES string of the molecule is CN=C(NCC(=O)NC1CCCCC1)NC1CCN(c2ccccc2OC(F)F)C1. The zero-order chi connectivity index (χ0) is 21.3. The zero-order valence-electron chi connectivity index (χ0n) is 17.4. The Hall–Kier alpha value is -2.58. The van der Waals surface area contributed by atoms with Crippen LogP contribution in [-0.2, 0) is 4.79 Å². The number of alkyl halides is 2. The summed E-state index contributed by atoms with van der Waals surface area (Å²) in [4.78, 5) is 18.4. The smallest absolute Gasteiger partial charge is 0.387 e. The van der Waals surface area contributed by atoms with E-state index in [1.807, 2.05) is 4.90 Å². The quantitative estimate of drug-likeness (QED) is 0.464. The van der Waals surface area contributed by atoms with E-state index in [2.05, 4.69) is 25.7 Å². The Kier molecular flexibility index (Phi) is 8.10. The number of hydrogen-bond acceptors (Lipinski definition) is 4. The number of hydrogen-bond donors (Lipinski definition) is 3. The molecule has 30 heavy (non-hydrogen) atoms. The van der Waals surface area contributed by atoms with Crippen molar-refractivity contribution in [1.29, 1.82) is 0 Å². The standard InChI is InChI=1S/C21H31F2N5O2/c1-24-21(25-13-19(29)26-15-7-3-2-4-8-15)27-16-11-12-28(14-16)17-9-5-6-10-18(17)30-20(22)23/h5-6,9-10,15-16,20H,2-4,7-8,11-14H2,1H3,(H,26,29)(H2,24,25,27). The van der Waals surface area contributed by atoms with E-state index in [4.69, 9.17) is 0 Å². The molecule has 1 saturated carbocycles. The molecule has 0 spiro atoms. The van der Waals surface area contributed by atoms with Gasteiger partial charge in [0.15, 0.2) is 5.96 Å². The molecule has 0 aromatic heterocycles. The summed E-state index contributed by atoms with van der Waals surface area (Å²) in [5.41, 5.74) is 0.650. The fraction of sp³-hybridized carbons (Fsp3) is 0.619. The van der Waals surface area contributed by atoms with Crippen LogP contribution in [0.1, 0.15) is 38.5 Å². The van der Waals surface area contributed by atoms with E-state index in [0.717, 1.165) is 19.3 Å². The summed E-state index contributed by atoms with van der Waals surface area (Å²) in [5, 5.41) is 9.45. The number of amides is 1. The summed E-state index contributed by atoms with van der Waals surface area (Å²) in [6.45, 7) is -1.36. The maximum atomic E-state index is 12.7. The molecule has 1 unspecified atom stereocenters. The average molecular weight is 424 g/mol. The Labute approximate surface area is 176 Å². The predicted octanol–water partition coefficient (Wildman–Crippen LogP) is 2.48. The summed E-state index contributed by atoms with van der Waals surface area (Å²) in [7, 11) is 1.66. The van der Waals surface area contributed by atoms with Crippen molar-refractivity contribution in [3.63, 3.8) is 0 Å². The number of benzene rings is 1. The fourth-order valence-corrected chi connectivity index (χ4v) is 4.09. The van der Waals surface area contributed by atoms with Crippen LogP contribution in [0, 0.1) is 0 Å². The average Bonchev–Trinajstić information content (AvgIpc) is 3.20. The molecule has 9 heteroatoms. The summed E-state index contributed by atoms with van der Waals surface area (Å²) >= 11 is 0. The molecule has 1 saturated heterocycles. The Balaban J connectivity index is 1.46. The molecule has 3 rings (SSSR count). The molecule has 166 valence electrons. The second kappa shape index (κ2) is 11.0. The molecule has 1 aliphatic heterocycles. The van der Waals surface area contributed by atoms with Crippen LogP contribution in [0.2, 0.25) is 0 Å². The van der Waals surface area contributed by atoms with Crippen molar-refractivity contribution < 1.29 is 18.3 Å². The predicted molar refractivity (Wildman–Crippen MR) is 113 cm³/mol. The second-order valence-electron chi connectivity index (χ2n) is 7.75. The lowest BCUT2D eigenvalue weighted by Crippen LogP contribution is -2.49. The highest BCUT2D eigenvalue weighted by Gasteiger charge is 2.26. The van der Waals surface area contributed by atoms with Crippen LogP contribution in [0.25, 0.3) is 0 Å². The van der Waals surface area contributed by atoms with Gasteiger partial charge in [-0.25, -0.2) is 0 Å². The maximum absolute atomic E-state index is 12.7. The van der Waals surface area contributed by atoms with E-state index in [9.17, 15) is 13.6 Å². The minimum atomic E-state index is -2.86. The largest absolute Gasteiger partial charge is 0.433 e. The molecule has 1 aliphatic carbocycles. The van der Waals surface area contributed by atoms with Crippen molar-refractivity contribution >= 4 is 17.6 Å². The Bertz CT molecular complexity index is 725. The number of halogens is 2. The number of anilines is 1. The van der Waals surface area contributed by atoms with Gasteiger partial charge in [-0.15, -0.1) is 0 Å². The van der Waals surface area contributed by atoms with E-state index in [1.165, 1.54) is 19.3 Å². The first-order valence-electron chi connectivity index (χ1n) is 10.6. The number of nitrogens with zero attached hydrogens (tertiary/aromatic N) is 2. The molecule has 2 fully saturated rings. The van der Waals surface area contributed by atoms with Crippen LogP contribution in [0.15, 0.2) is 29.3 Å². The number of nitrogens with one attached hydrogen (secondary N) is 3. The van der Waals surface area contributed by atoms with Gasteiger partial charge in [-0.2, -0.15) is 8.78 Å². The topological polar surface area (TPSA) is 78.0 Å². The number of guanidine groups is 1. The van der Waals surface area contributed by atoms with Crippen molar-refractivity contribution in [2.24, 2.45) is 4.99 Å². The Morgan fingerprint density at radius 1 is 1.17 bits per heavy atom. The van der Waals surface area contributed by atoms with Crippen LogP contribution in [0.3, 0.4) is 0 Å². The minimum absolute atomic E-state index is 0.0315. The lowest BCUT2D eigenvalue weighted by molar-refractivity contribution is -0.120. The molecule has 1 atom stereocenters. The molecule has 1 aromatic carbocycles. The van der Waals surface area contributed by atoms with Crippen LogP contribution >= 0.6 is 0 Å². The van der Waals surface area contributed by atoms with Crippen molar-refractivity contribution in [1.82, 2.24) is 16.0 Å². The van der Waals surface area contributed by atoms with Gasteiger partial charge >= 0.3 is 6.61 Å². The molecule has 3 N–H and O–H groups in total. The van der Waals surface area contributed by atoms with E-state index in [0.29, 0.717) is 24.7 Å². The number of aliphatic imine (C=N–C) groups is 1. The van der Waals surface area contributed by atoms with Gasteiger partial charge in [0.25, 0.3) is 0 Å². The van der Waals surface area contributed by atoms with Gasteiger partial charge in [0.1, 0.15) is 5.75 Å². The lowest BCUT2D eigenvalue weighted by atomic mass is 9.95. The van der Waals surface area contributed by atoms with Gasteiger partial charge in [0.2, 0.25) is 5.91 Å². The third kappa shape index (κ3) is 6.47. The minimum Gasteiger partial charge on any atom is -0.433 e.